The Labute approximate surface area is 129 Å². The van der Waals surface area contributed by atoms with Gasteiger partial charge in [-0.1, -0.05) is 64.4 Å². The molecule has 2 nitrogen and oxygen atoms in total. The summed E-state index contributed by atoms with van der Waals surface area (Å²) < 4.78 is 1.89. The molecule has 0 fully saturated rings. The van der Waals surface area contributed by atoms with Crippen molar-refractivity contribution in [1.29, 1.82) is 0 Å². The second-order valence-electron chi connectivity index (χ2n) is 7.39. The predicted octanol–water partition coefficient (Wildman–Crippen LogP) is 4.85. The average Bonchev–Trinajstić information content (AvgIpc) is 2.87. The number of rotatable bonds is 6. The number of aryl methyl sites for hydroxylation is 1. The number of nitrogens with zero attached hydrogens (tertiary/aromatic N) is 2. The lowest BCUT2D eigenvalue weighted by Gasteiger charge is -2.28. The Morgan fingerprint density at radius 2 is 1.48 bits per heavy atom. The molecule has 0 saturated heterocycles. The van der Waals surface area contributed by atoms with E-state index in [1.54, 1.807) is 0 Å². The van der Waals surface area contributed by atoms with Crippen LogP contribution in [0.2, 0.25) is 0 Å². The Kier molecular flexibility index (Phi) is 4.55. The van der Waals surface area contributed by atoms with E-state index in [0.29, 0.717) is 0 Å². The van der Waals surface area contributed by atoms with Gasteiger partial charge in [0.15, 0.2) is 0 Å². The Morgan fingerprint density at radius 3 is 2.00 bits per heavy atom. The molecule has 2 aromatic rings. The number of hydrogen-bond donors (Lipinski definition) is 0. The molecule has 0 aliphatic heterocycles. The SMILES string of the molecule is Cn1cc(C(C)(C)CCCC(C)(C)c2ccccc2)cn1. The molecule has 2 heteroatoms. The third-order valence-corrected chi connectivity index (χ3v) is 4.65. The zero-order chi connectivity index (χ0) is 15.5. The van der Waals surface area contributed by atoms with Gasteiger partial charge in [-0.2, -0.15) is 5.10 Å². The summed E-state index contributed by atoms with van der Waals surface area (Å²) in [6.07, 6.45) is 7.77. The van der Waals surface area contributed by atoms with E-state index in [2.05, 4.69) is 69.3 Å². The molecule has 0 amide bonds. The van der Waals surface area contributed by atoms with Crippen LogP contribution >= 0.6 is 0 Å². The first kappa shape index (κ1) is 15.8. The third-order valence-electron chi connectivity index (χ3n) is 4.65. The molecule has 0 bridgehead atoms. The maximum absolute atomic E-state index is 4.30. The monoisotopic (exact) mass is 284 g/mol. The molecule has 0 aliphatic carbocycles. The maximum Gasteiger partial charge on any atom is 0.0527 e. The molecule has 114 valence electrons. The Morgan fingerprint density at radius 1 is 0.905 bits per heavy atom. The molecule has 0 aliphatic rings. The lowest BCUT2D eigenvalue weighted by atomic mass is 9.76. The first-order valence-corrected chi connectivity index (χ1v) is 7.86. The van der Waals surface area contributed by atoms with Crippen molar-refractivity contribution in [3.8, 4) is 0 Å². The normalized spacial score (nSPS) is 12.6. The smallest absolute Gasteiger partial charge is 0.0527 e. The summed E-state index contributed by atoms with van der Waals surface area (Å²) in [5.41, 5.74) is 3.21. The van der Waals surface area contributed by atoms with Gasteiger partial charge < -0.3 is 0 Å². The second-order valence-corrected chi connectivity index (χ2v) is 7.39. The first-order valence-electron chi connectivity index (χ1n) is 7.86. The van der Waals surface area contributed by atoms with Crippen molar-refractivity contribution in [1.82, 2.24) is 9.78 Å². The van der Waals surface area contributed by atoms with Gasteiger partial charge >= 0.3 is 0 Å². The van der Waals surface area contributed by atoms with E-state index in [1.807, 2.05) is 17.9 Å². The van der Waals surface area contributed by atoms with Crippen molar-refractivity contribution in [3.63, 3.8) is 0 Å². The summed E-state index contributed by atoms with van der Waals surface area (Å²) in [6.45, 7) is 9.33. The molecular weight excluding hydrogens is 256 g/mol. The highest BCUT2D eigenvalue weighted by Gasteiger charge is 2.25. The molecule has 0 radical (unpaired) electrons. The van der Waals surface area contributed by atoms with Crippen LogP contribution in [0.1, 0.15) is 58.1 Å². The number of benzene rings is 1. The van der Waals surface area contributed by atoms with Crippen LogP contribution in [0, 0.1) is 0 Å². The average molecular weight is 284 g/mol. The Bertz CT molecular complexity index is 564. The highest BCUT2D eigenvalue weighted by Crippen LogP contribution is 2.33. The van der Waals surface area contributed by atoms with Gasteiger partial charge in [0.2, 0.25) is 0 Å². The minimum absolute atomic E-state index is 0.195. The van der Waals surface area contributed by atoms with Gasteiger partial charge in [-0.25, -0.2) is 0 Å². The zero-order valence-corrected chi connectivity index (χ0v) is 14.1. The van der Waals surface area contributed by atoms with Crippen LogP contribution in [0.4, 0.5) is 0 Å². The van der Waals surface area contributed by atoms with Gasteiger partial charge in [-0.15, -0.1) is 0 Å². The molecule has 1 aromatic heterocycles. The molecule has 1 heterocycles. The topological polar surface area (TPSA) is 17.8 Å². The fraction of sp³-hybridized carbons (Fsp3) is 0.526. The molecule has 0 atom stereocenters. The van der Waals surface area contributed by atoms with Crippen molar-refractivity contribution in [2.45, 2.75) is 57.8 Å². The van der Waals surface area contributed by atoms with Crippen molar-refractivity contribution < 1.29 is 0 Å². The lowest BCUT2D eigenvalue weighted by molar-refractivity contribution is 0.392. The number of aromatic nitrogens is 2. The van der Waals surface area contributed by atoms with E-state index in [1.165, 1.54) is 30.4 Å². The fourth-order valence-corrected chi connectivity index (χ4v) is 2.92. The minimum Gasteiger partial charge on any atom is -0.276 e. The van der Waals surface area contributed by atoms with Crippen LogP contribution in [-0.2, 0) is 17.9 Å². The van der Waals surface area contributed by atoms with Crippen molar-refractivity contribution in [2.75, 3.05) is 0 Å². The van der Waals surface area contributed by atoms with Crippen molar-refractivity contribution in [3.05, 3.63) is 53.9 Å². The molecule has 1 aromatic carbocycles. The summed E-state index contributed by atoms with van der Waals surface area (Å²) in [7, 11) is 1.98. The van der Waals surface area contributed by atoms with E-state index in [4.69, 9.17) is 0 Å². The second kappa shape index (κ2) is 6.05. The highest BCUT2D eigenvalue weighted by molar-refractivity contribution is 5.23. The first-order chi connectivity index (χ1) is 9.81. The van der Waals surface area contributed by atoms with Crippen molar-refractivity contribution in [2.24, 2.45) is 7.05 Å². The summed E-state index contributed by atoms with van der Waals surface area (Å²) in [4.78, 5) is 0. The van der Waals surface area contributed by atoms with Crippen molar-refractivity contribution >= 4 is 0 Å². The lowest BCUT2D eigenvalue weighted by Crippen LogP contribution is -2.21. The summed E-state index contributed by atoms with van der Waals surface area (Å²) in [6, 6.07) is 10.8. The largest absolute Gasteiger partial charge is 0.276 e. The van der Waals surface area contributed by atoms with E-state index in [9.17, 15) is 0 Å². The molecule has 0 unspecified atom stereocenters. The van der Waals surface area contributed by atoms with Gasteiger partial charge in [0.1, 0.15) is 0 Å². The van der Waals surface area contributed by atoms with Crippen LogP contribution in [-0.4, -0.2) is 9.78 Å². The summed E-state index contributed by atoms with van der Waals surface area (Å²) in [5, 5.41) is 4.30. The van der Waals surface area contributed by atoms with Crippen LogP contribution in [0.15, 0.2) is 42.7 Å². The molecule has 0 spiro atoms. The van der Waals surface area contributed by atoms with Crippen LogP contribution in [0.5, 0.6) is 0 Å². The number of hydrogen-bond acceptors (Lipinski definition) is 1. The maximum atomic E-state index is 4.30. The quantitative estimate of drug-likeness (QED) is 0.741. The van der Waals surface area contributed by atoms with E-state index < -0.39 is 0 Å². The van der Waals surface area contributed by atoms with Gasteiger partial charge in [-0.05, 0) is 34.8 Å². The molecule has 0 N–H and O–H groups in total. The Hall–Kier alpha value is -1.57. The van der Waals surface area contributed by atoms with E-state index >= 15 is 0 Å². The van der Waals surface area contributed by atoms with Gasteiger partial charge in [0, 0.05) is 13.2 Å². The van der Waals surface area contributed by atoms with Gasteiger partial charge in [0.05, 0.1) is 6.20 Å². The van der Waals surface area contributed by atoms with E-state index in [0.717, 1.165) is 0 Å². The molecule has 0 saturated carbocycles. The molecule has 2 rings (SSSR count). The van der Waals surface area contributed by atoms with E-state index in [-0.39, 0.29) is 10.8 Å². The van der Waals surface area contributed by atoms with Crippen LogP contribution in [0.25, 0.3) is 0 Å². The molecule has 21 heavy (non-hydrogen) atoms. The standard InChI is InChI=1S/C19H28N2/c1-18(2,16-10-7-6-8-11-16)12-9-13-19(3,4)17-14-20-21(5)15-17/h6-8,10-11,14-15H,9,12-13H2,1-5H3. The highest BCUT2D eigenvalue weighted by atomic mass is 15.2. The van der Waals surface area contributed by atoms with Crippen LogP contribution < -0.4 is 0 Å². The fourth-order valence-electron chi connectivity index (χ4n) is 2.92. The van der Waals surface area contributed by atoms with Gasteiger partial charge in [-0.3, -0.25) is 4.68 Å². The minimum atomic E-state index is 0.195. The zero-order valence-electron chi connectivity index (χ0n) is 14.1. The third kappa shape index (κ3) is 3.96. The van der Waals surface area contributed by atoms with Gasteiger partial charge in [0.25, 0.3) is 0 Å². The van der Waals surface area contributed by atoms with Crippen LogP contribution in [0.3, 0.4) is 0 Å². The Balaban J connectivity index is 1.94. The summed E-state index contributed by atoms with van der Waals surface area (Å²) >= 11 is 0. The molecular formula is C19H28N2. The summed E-state index contributed by atoms with van der Waals surface area (Å²) in [5.74, 6) is 0. The predicted molar refractivity (Wildman–Crippen MR) is 89.6 cm³/mol.